The van der Waals surface area contributed by atoms with E-state index >= 15 is 0 Å². The Morgan fingerprint density at radius 1 is 1.20 bits per heavy atom. The van der Waals surface area contributed by atoms with Crippen LogP contribution >= 0.6 is 11.6 Å². The van der Waals surface area contributed by atoms with Crippen LogP contribution in [-0.4, -0.2) is 7.11 Å². The van der Waals surface area contributed by atoms with E-state index in [2.05, 4.69) is 26.5 Å². The van der Waals surface area contributed by atoms with Gasteiger partial charge in [-0.2, -0.15) is 0 Å². The first kappa shape index (κ1) is 14.7. The highest BCUT2D eigenvalue weighted by molar-refractivity contribution is 6.30. The van der Waals surface area contributed by atoms with Gasteiger partial charge in [-0.05, 0) is 61.2 Å². The maximum Gasteiger partial charge on any atom is 0.127 e. The molecule has 0 saturated heterocycles. The number of ether oxygens (including phenoxy) is 1. The van der Waals surface area contributed by atoms with Crippen molar-refractivity contribution in [2.75, 3.05) is 7.11 Å². The SMILES string of the molecule is C=C(C)c1c(C)cc(OC)c(-c2cccc(Cl)c2)c1C. The quantitative estimate of drug-likeness (QED) is 0.707. The molecule has 0 heterocycles. The zero-order valence-corrected chi connectivity index (χ0v) is 13.1. The molecule has 2 aromatic rings. The molecule has 0 radical (unpaired) electrons. The third-order valence-corrected chi connectivity index (χ3v) is 3.73. The summed E-state index contributed by atoms with van der Waals surface area (Å²) in [5, 5.41) is 0.724. The monoisotopic (exact) mass is 286 g/mol. The highest BCUT2D eigenvalue weighted by Gasteiger charge is 2.16. The summed E-state index contributed by atoms with van der Waals surface area (Å²) in [5.74, 6) is 0.868. The molecule has 1 nitrogen and oxygen atoms in total. The fourth-order valence-corrected chi connectivity index (χ4v) is 2.96. The lowest BCUT2D eigenvalue weighted by molar-refractivity contribution is 0.416. The van der Waals surface area contributed by atoms with E-state index in [-0.39, 0.29) is 0 Å². The average Bonchev–Trinajstić information content (AvgIpc) is 2.37. The Kier molecular flexibility index (Phi) is 4.20. The minimum atomic E-state index is 0.724. The molecule has 2 heteroatoms. The number of allylic oxidation sites excluding steroid dienone is 1. The van der Waals surface area contributed by atoms with Crippen LogP contribution in [0.1, 0.15) is 23.6 Å². The maximum atomic E-state index is 6.12. The highest BCUT2D eigenvalue weighted by atomic mass is 35.5. The topological polar surface area (TPSA) is 9.23 Å². The molecule has 0 N–H and O–H groups in total. The first-order valence-corrected chi connectivity index (χ1v) is 6.93. The Bertz CT molecular complexity index is 671. The van der Waals surface area contributed by atoms with Crippen LogP contribution in [0.2, 0.25) is 5.02 Å². The molecule has 0 aliphatic rings. The minimum absolute atomic E-state index is 0.724. The Morgan fingerprint density at radius 3 is 2.45 bits per heavy atom. The second-order valence-corrected chi connectivity index (χ2v) is 5.50. The van der Waals surface area contributed by atoms with E-state index in [9.17, 15) is 0 Å². The van der Waals surface area contributed by atoms with Gasteiger partial charge in [0, 0.05) is 10.6 Å². The van der Waals surface area contributed by atoms with Crippen molar-refractivity contribution < 1.29 is 4.74 Å². The van der Waals surface area contributed by atoms with Crippen molar-refractivity contribution in [1.29, 1.82) is 0 Å². The molecule has 2 aromatic carbocycles. The molecule has 0 aliphatic heterocycles. The second kappa shape index (κ2) is 5.72. The second-order valence-electron chi connectivity index (χ2n) is 5.06. The molecular formula is C18H19ClO. The lowest BCUT2D eigenvalue weighted by atomic mass is 9.89. The largest absolute Gasteiger partial charge is 0.496 e. The Balaban J connectivity index is 2.80. The Morgan fingerprint density at radius 2 is 1.90 bits per heavy atom. The van der Waals surface area contributed by atoms with Gasteiger partial charge in [0.25, 0.3) is 0 Å². The van der Waals surface area contributed by atoms with Crippen molar-refractivity contribution in [3.8, 4) is 16.9 Å². The van der Waals surface area contributed by atoms with Crippen molar-refractivity contribution >= 4 is 17.2 Å². The van der Waals surface area contributed by atoms with Crippen LogP contribution in [0.4, 0.5) is 0 Å². The normalized spacial score (nSPS) is 10.4. The average molecular weight is 287 g/mol. The summed E-state index contributed by atoms with van der Waals surface area (Å²) in [5.41, 5.74) is 6.76. The Hall–Kier alpha value is -1.73. The van der Waals surface area contributed by atoms with Crippen molar-refractivity contribution in [1.82, 2.24) is 0 Å². The van der Waals surface area contributed by atoms with E-state index in [1.54, 1.807) is 7.11 Å². The van der Waals surface area contributed by atoms with Gasteiger partial charge in [-0.25, -0.2) is 0 Å². The number of benzene rings is 2. The van der Waals surface area contributed by atoms with E-state index in [1.807, 2.05) is 31.2 Å². The standard InChI is InChI=1S/C18H19ClO/c1-11(2)17-12(3)9-16(20-5)18(13(17)4)14-7-6-8-15(19)10-14/h6-10H,1H2,2-5H3. The summed E-state index contributed by atoms with van der Waals surface area (Å²) < 4.78 is 5.56. The van der Waals surface area contributed by atoms with Crippen molar-refractivity contribution in [2.45, 2.75) is 20.8 Å². The summed E-state index contributed by atoms with van der Waals surface area (Å²) >= 11 is 6.12. The summed E-state index contributed by atoms with van der Waals surface area (Å²) in [4.78, 5) is 0. The van der Waals surface area contributed by atoms with Gasteiger partial charge < -0.3 is 4.74 Å². The van der Waals surface area contributed by atoms with Gasteiger partial charge in [-0.15, -0.1) is 0 Å². The lowest BCUT2D eigenvalue weighted by Gasteiger charge is -2.18. The molecule has 0 saturated carbocycles. The molecule has 104 valence electrons. The van der Waals surface area contributed by atoms with Crippen molar-refractivity contribution in [2.24, 2.45) is 0 Å². The van der Waals surface area contributed by atoms with Gasteiger partial charge in [-0.3, -0.25) is 0 Å². The number of halogens is 1. The number of rotatable bonds is 3. The molecule has 0 amide bonds. The molecule has 0 spiro atoms. The van der Waals surface area contributed by atoms with Crippen LogP contribution in [0.15, 0.2) is 36.9 Å². The van der Waals surface area contributed by atoms with Crippen LogP contribution < -0.4 is 4.74 Å². The summed E-state index contributed by atoms with van der Waals surface area (Å²) in [6.45, 7) is 10.3. The zero-order valence-electron chi connectivity index (χ0n) is 12.4. The molecule has 20 heavy (non-hydrogen) atoms. The first-order chi connectivity index (χ1) is 9.45. The van der Waals surface area contributed by atoms with Crippen LogP contribution in [0.25, 0.3) is 16.7 Å². The molecule has 0 bridgehead atoms. The molecule has 0 fully saturated rings. The van der Waals surface area contributed by atoms with Crippen molar-refractivity contribution in [3.63, 3.8) is 0 Å². The van der Waals surface area contributed by atoms with E-state index < -0.39 is 0 Å². The fourth-order valence-electron chi connectivity index (χ4n) is 2.77. The van der Waals surface area contributed by atoms with E-state index in [0.29, 0.717) is 0 Å². The van der Waals surface area contributed by atoms with Crippen LogP contribution in [0, 0.1) is 13.8 Å². The molecule has 0 aromatic heterocycles. The third kappa shape index (κ3) is 2.59. The lowest BCUT2D eigenvalue weighted by Crippen LogP contribution is -1.98. The number of aryl methyl sites for hydroxylation is 1. The van der Waals surface area contributed by atoms with Crippen LogP contribution in [0.3, 0.4) is 0 Å². The van der Waals surface area contributed by atoms with Gasteiger partial charge in [-0.1, -0.05) is 35.9 Å². The molecular weight excluding hydrogens is 268 g/mol. The predicted octanol–water partition coefficient (Wildman–Crippen LogP) is 5.67. The maximum absolute atomic E-state index is 6.12. The van der Waals surface area contributed by atoms with Gasteiger partial charge in [0.2, 0.25) is 0 Å². The van der Waals surface area contributed by atoms with E-state index in [0.717, 1.165) is 27.5 Å². The predicted molar refractivity (Wildman–Crippen MR) is 87.6 cm³/mol. The molecule has 0 aliphatic carbocycles. The van der Waals surface area contributed by atoms with Gasteiger partial charge >= 0.3 is 0 Å². The molecule has 0 unspecified atom stereocenters. The first-order valence-electron chi connectivity index (χ1n) is 6.55. The van der Waals surface area contributed by atoms with Crippen molar-refractivity contribution in [3.05, 3.63) is 58.6 Å². The number of hydrogen-bond acceptors (Lipinski definition) is 1. The van der Waals surface area contributed by atoms with Gasteiger partial charge in [0.15, 0.2) is 0 Å². The number of hydrogen-bond donors (Lipinski definition) is 0. The minimum Gasteiger partial charge on any atom is -0.496 e. The smallest absolute Gasteiger partial charge is 0.127 e. The van der Waals surface area contributed by atoms with Gasteiger partial charge in [0.1, 0.15) is 5.75 Å². The van der Waals surface area contributed by atoms with Crippen LogP contribution in [-0.2, 0) is 0 Å². The third-order valence-electron chi connectivity index (χ3n) is 3.50. The number of methoxy groups -OCH3 is 1. The highest BCUT2D eigenvalue weighted by Crippen LogP contribution is 2.39. The van der Waals surface area contributed by atoms with E-state index in [4.69, 9.17) is 16.3 Å². The van der Waals surface area contributed by atoms with E-state index in [1.165, 1.54) is 16.7 Å². The summed E-state index contributed by atoms with van der Waals surface area (Å²) in [6.07, 6.45) is 0. The summed E-state index contributed by atoms with van der Waals surface area (Å²) in [6, 6.07) is 9.91. The zero-order chi connectivity index (χ0) is 14.9. The van der Waals surface area contributed by atoms with Gasteiger partial charge in [0.05, 0.1) is 7.11 Å². The summed E-state index contributed by atoms with van der Waals surface area (Å²) in [7, 11) is 1.70. The molecule has 2 rings (SSSR count). The fraction of sp³-hybridized carbons (Fsp3) is 0.222. The molecule has 0 atom stereocenters. The Labute approximate surface area is 125 Å². The van der Waals surface area contributed by atoms with Crippen LogP contribution in [0.5, 0.6) is 5.75 Å².